The predicted octanol–water partition coefficient (Wildman–Crippen LogP) is 12.6. The van der Waals surface area contributed by atoms with Gasteiger partial charge in [0.25, 0.3) is 0 Å². The van der Waals surface area contributed by atoms with Crippen molar-refractivity contribution in [2.75, 3.05) is 6.61 Å². The molecule has 0 aliphatic heterocycles. The molecule has 0 saturated heterocycles. The van der Waals surface area contributed by atoms with Crippen LogP contribution in [0.4, 0.5) is 0 Å². The molecule has 69 heavy (non-hydrogen) atoms. The Balaban J connectivity index is 0.000000176. The second-order valence-electron chi connectivity index (χ2n) is 14.5. The van der Waals surface area contributed by atoms with Gasteiger partial charge in [-0.15, -0.1) is 0 Å². The van der Waals surface area contributed by atoms with Crippen LogP contribution in [0.25, 0.3) is 0 Å². The van der Waals surface area contributed by atoms with Gasteiger partial charge in [0.15, 0.2) is 5.97 Å². The standard InChI is InChI=1S/C20H16P.2C18H15P.C5H7O2.2ClH.Os/c1-2-21(18-12-6-3-7-13-18,19-14-8-4-9-15-19)20-16-10-5-11-17-20;2*1-4-10-16(11-5-1)19(17-12-6-2-7-13-17)18-14-8-3-9-15-18;1-3-5(6)7-4-2;;;/h2-17H;2*1-15H;1,3H,4H2,2H3;2*1H;/q+1;;;-1;;;+2/p-2. The summed E-state index contributed by atoms with van der Waals surface area (Å²) in [5, 5.41) is 12.0. The topological polar surface area (TPSA) is 26.3 Å². The van der Waals surface area contributed by atoms with Gasteiger partial charge in [-0.3, -0.25) is 6.58 Å². The van der Waals surface area contributed by atoms with Crippen LogP contribution in [-0.4, -0.2) is 12.6 Å². The zero-order valence-corrected chi connectivity index (χ0v) is 44.9. The molecule has 0 aromatic heterocycles. The normalized spacial score (nSPS) is 10.3. The zero-order chi connectivity index (χ0) is 48.8. The first-order valence-corrected chi connectivity index (χ1v) is 32.9. The molecule has 346 valence electrons. The van der Waals surface area contributed by atoms with Crippen molar-refractivity contribution < 1.29 is 24.9 Å². The second-order valence-corrected chi connectivity index (χ2v) is 25.9. The molecule has 0 amide bonds. The molecule has 0 fully saturated rings. The van der Waals surface area contributed by atoms with E-state index in [9.17, 15) is 4.79 Å². The summed E-state index contributed by atoms with van der Waals surface area (Å²) in [6.45, 7) is 15.1. The van der Waals surface area contributed by atoms with Gasteiger partial charge in [0, 0.05) is 6.58 Å². The summed E-state index contributed by atoms with van der Waals surface area (Å²) in [7, 11) is 6.92. The third kappa shape index (κ3) is 16.8. The summed E-state index contributed by atoms with van der Waals surface area (Å²) in [6, 6.07) is 95.9. The Morgan fingerprint density at radius 2 is 0.638 bits per heavy atom. The molecule has 9 aromatic rings. The van der Waals surface area contributed by atoms with E-state index in [1.807, 2.05) is 18.2 Å². The number of benzene rings is 9. The Labute approximate surface area is 429 Å². The van der Waals surface area contributed by atoms with E-state index in [4.69, 9.17) is 32.4 Å². The molecule has 2 radical (unpaired) electrons. The Morgan fingerprint density at radius 1 is 0.449 bits per heavy atom. The minimum absolute atomic E-state index is 0.381. The average Bonchev–Trinajstić information content (AvgIpc) is 3.43. The number of hydrogen-bond acceptors (Lipinski definition) is 2. The molecule has 9 aromatic carbocycles. The van der Waals surface area contributed by atoms with Gasteiger partial charge >= 0.3 is 34.7 Å². The molecule has 2 nitrogen and oxygen atoms in total. The maximum atomic E-state index is 10.0. The van der Waals surface area contributed by atoms with E-state index >= 15 is 0 Å². The van der Waals surface area contributed by atoms with Crippen LogP contribution in [0.1, 0.15) is 6.92 Å². The Kier molecular flexibility index (Phi) is 24.9. The van der Waals surface area contributed by atoms with Crippen LogP contribution in [0.2, 0.25) is 0 Å². The molecule has 8 heteroatoms. The van der Waals surface area contributed by atoms with Crippen molar-refractivity contribution >= 4 is 96.1 Å². The number of ether oxygens (including phenoxy) is 1. The molecule has 0 aliphatic carbocycles. The Bertz CT molecular complexity index is 2360. The van der Waals surface area contributed by atoms with Gasteiger partial charge in [0.2, 0.25) is 0 Å². The fraction of sp³-hybridized carbons (Fsp3) is 0.0328. The van der Waals surface area contributed by atoms with Crippen molar-refractivity contribution in [3.05, 3.63) is 298 Å². The van der Waals surface area contributed by atoms with Gasteiger partial charge in [-0.05, 0) is 91.0 Å². The molecular formula is C61H53Cl2O2OsP3. The Morgan fingerprint density at radius 3 is 0.783 bits per heavy atom. The number of carbonyl (C=O) groups is 1. The molecule has 9 rings (SSSR count). The van der Waals surface area contributed by atoms with E-state index in [2.05, 4.69) is 260 Å². The SMILES string of the molecule is [CH-]=CC(=O)OCC.[C]=C[P+](c1ccccc1)(c1ccccc1)c1ccccc1.[Cl][Os][Cl].c1ccc(P(c2ccccc2)c2ccccc2)cc1.c1ccc(P(c2ccccc2)c2ccccc2)cc1. The molecule has 0 aliphatic rings. The van der Waals surface area contributed by atoms with Gasteiger partial charge < -0.3 is 9.53 Å². The largest absolute Gasteiger partial charge is 0.0622 e. The minimum atomic E-state index is -1.99. The van der Waals surface area contributed by atoms with Gasteiger partial charge in [0.05, 0.1) is 12.4 Å². The van der Waals surface area contributed by atoms with E-state index in [1.165, 1.54) is 47.7 Å². The molecule has 0 heterocycles. The first kappa shape index (κ1) is 54.4. The molecular weight excluding hydrogens is 1120 g/mol. The van der Waals surface area contributed by atoms with Crippen molar-refractivity contribution in [2.24, 2.45) is 0 Å². The van der Waals surface area contributed by atoms with Crippen LogP contribution in [0.15, 0.2) is 285 Å². The van der Waals surface area contributed by atoms with Crippen molar-refractivity contribution in [2.45, 2.75) is 6.92 Å². The fourth-order valence-electron chi connectivity index (χ4n) is 7.21. The minimum Gasteiger partial charge on any atom is -0.0622 e. The quantitative estimate of drug-likeness (QED) is 0.0527. The van der Waals surface area contributed by atoms with Gasteiger partial charge in [-0.2, -0.15) is 6.08 Å². The number of rotatable bonds is 12. The van der Waals surface area contributed by atoms with Gasteiger partial charge in [-0.1, -0.05) is 237 Å². The summed E-state index contributed by atoms with van der Waals surface area (Å²) in [5.41, 5.74) is 0. The van der Waals surface area contributed by atoms with Crippen LogP contribution in [0.5, 0.6) is 0 Å². The van der Waals surface area contributed by atoms with Crippen molar-refractivity contribution in [1.82, 2.24) is 0 Å². The van der Waals surface area contributed by atoms with Gasteiger partial charge in [-0.25, -0.2) is 0 Å². The number of carbonyl (C=O) groups excluding carboxylic acids is 1. The maximum absolute atomic E-state index is 10.0. The summed E-state index contributed by atoms with van der Waals surface area (Å²) in [6.07, 6.45) is 0.892. The average molecular weight is 1170 g/mol. The molecule has 0 bridgehead atoms. The van der Waals surface area contributed by atoms with Crippen LogP contribution < -0.4 is 47.7 Å². The van der Waals surface area contributed by atoms with E-state index in [1.54, 1.807) is 12.7 Å². The first-order chi connectivity index (χ1) is 34.0. The number of halogens is 2. The summed E-state index contributed by atoms with van der Waals surface area (Å²) >= 11 is -0.639. The molecule has 0 unspecified atom stereocenters. The van der Waals surface area contributed by atoms with Crippen LogP contribution >= 0.6 is 42.4 Å². The molecule has 0 atom stereocenters. The van der Waals surface area contributed by atoms with E-state index in [-0.39, 0.29) is 0 Å². The number of esters is 1. The third-order valence-corrected chi connectivity index (χ3v) is 18.8. The second kappa shape index (κ2) is 31.5. The summed E-state index contributed by atoms with van der Waals surface area (Å²) < 4.78 is 4.37. The maximum Gasteiger partial charge on any atom is -0.0134 e. The van der Waals surface area contributed by atoms with E-state index < -0.39 is 44.5 Å². The monoisotopic (exact) mass is 1170 g/mol. The van der Waals surface area contributed by atoms with Gasteiger partial charge in [0.1, 0.15) is 23.2 Å². The summed E-state index contributed by atoms with van der Waals surface area (Å²) in [4.78, 5) is 10.0. The van der Waals surface area contributed by atoms with Crippen molar-refractivity contribution in [1.29, 1.82) is 0 Å². The third-order valence-electron chi connectivity index (χ3n) is 10.2. The number of hydrogen-bond donors (Lipinski definition) is 0. The van der Waals surface area contributed by atoms with Crippen LogP contribution in [-0.2, 0) is 24.9 Å². The zero-order valence-electron chi connectivity index (χ0n) is 38.2. The molecule has 0 N–H and O–H groups in total. The fourth-order valence-corrected chi connectivity index (χ4v) is 15.1. The van der Waals surface area contributed by atoms with Crippen LogP contribution in [0.3, 0.4) is 0 Å². The van der Waals surface area contributed by atoms with E-state index in [0.29, 0.717) is 6.61 Å². The smallest absolute Gasteiger partial charge is 0.0134 e. The summed E-state index contributed by atoms with van der Waals surface area (Å²) in [5.74, 6) is 1.19. The van der Waals surface area contributed by atoms with E-state index in [0.717, 1.165) is 6.08 Å². The van der Waals surface area contributed by atoms with Crippen LogP contribution in [0, 0.1) is 13.2 Å². The Hall–Kier alpha value is -5.56. The molecule has 0 spiro atoms. The van der Waals surface area contributed by atoms with Crippen molar-refractivity contribution in [3.8, 4) is 0 Å². The first-order valence-electron chi connectivity index (χ1n) is 22.0. The predicted molar refractivity (Wildman–Crippen MR) is 300 cm³/mol. The van der Waals surface area contributed by atoms with Crippen molar-refractivity contribution in [3.63, 3.8) is 0 Å². The molecule has 0 saturated carbocycles.